The molecule has 0 radical (unpaired) electrons. The van der Waals surface area contributed by atoms with Crippen LogP contribution in [0.1, 0.15) is 43.1 Å². The highest BCUT2D eigenvalue weighted by Gasteiger charge is 2.30. The Hall–Kier alpha value is -2.67. The standard InChI is InChI=1S/C21H21FN4OS/c1-14(15-9-11-17(22)12-10-15)23-19(27)13-28-21-24-20(16-7-8-16)26(25-21)18-5-3-2-4-6-18/h2-6,9-12,14,16H,7-8,13H2,1H3,(H,23,27)/t14-/m1/s1. The molecule has 3 aromatic rings. The topological polar surface area (TPSA) is 59.8 Å². The van der Waals surface area contributed by atoms with Crippen LogP contribution in [-0.4, -0.2) is 26.4 Å². The number of rotatable bonds is 7. The smallest absolute Gasteiger partial charge is 0.230 e. The molecule has 1 atom stereocenters. The molecular weight excluding hydrogens is 375 g/mol. The maximum atomic E-state index is 13.0. The van der Waals surface area contributed by atoms with Crippen LogP contribution < -0.4 is 5.32 Å². The summed E-state index contributed by atoms with van der Waals surface area (Å²) in [6.07, 6.45) is 2.26. The highest BCUT2D eigenvalue weighted by atomic mass is 32.2. The number of halogens is 1. The van der Waals surface area contributed by atoms with Gasteiger partial charge in [-0.15, -0.1) is 5.10 Å². The van der Waals surface area contributed by atoms with Crippen molar-refractivity contribution >= 4 is 17.7 Å². The minimum absolute atomic E-state index is 0.106. The summed E-state index contributed by atoms with van der Waals surface area (Å²) in [6.45, 7) is 1.88. The van der Waals surface area contributed by atoms with Gasteiger partial charge in [0.2, 0.25) is 11.1 Å². The Kier molecular flexibility index (Phi) is 5.43. The second-order valence-electron chi connectivity index (χ2n) is 6.90. The molecule has 0 unspecified atom stereocenters. The van der Waals surface area contributed by atoms with E-state index >= 15 is 0 Å². The Labute approximate surface area is 167 Å². The van der Waals surface area contributed by atoms with Gasteiger partial charge in [0.15, 0.2) is 0 Å². The Morgan fingerprint density at radius 3 is 2.61 bits per heavy atom. The van der Waals surface area contributed by atoms with Crippen LogP contribution in [0.4, 0.5) is 4.39 Å². The average Bonchev–Trinajstić information content (AvgIpc) is 3.47. The molecular formula is C21H21FN4OS. The van der Waals surface area contributed by atoms with Gasteiger partial charge in [-0.3, -0.25) is 4.79 Å². The Bertz CT molecular complexity index is 954. The summed E-state index contributed by atoms with van der Waals surface area (Å²) in [5.74, 6) is 1.26. The summed E-state index contributed by atoms with van der Waals surface area (Å²) < 4.78 is 14.9. The normalized spacial score (nSPS) is 14.6. The first-order chi connectivity index (χ1) is 13.6. The second-order valence-corrected chi connectivity index (χ2v) is 7.85. The van der Waals surface area contributed by atoms with E-state index in [9.17, 15) is 9.18 Å². The SMILES string of the molecule is C[C@@H](NC(=O)CSc1nc(C2CC2)n(-c2ccccc2)n1)c1ccc(F)cc1. The van der Waals surface area contributed by atoms with Gasteiger partial charge in [-0.1, -0.05) is 42.1 Å². The number of carbonyl (C=O) groups excluding carboxylic acids is 1. The lowest BCUT2D eigenvalue weighted by Gasteiger charge is -2.13. The zero-order valence-corrected chi connectivity index (χ0v) is 16.3. The molecule has 1 saturated carbocycles. The number of hydrogen-bond acceptors (Lipinski definition) is 4. The van der Waals surface area contributed by atoms with E-state index in [-0.39, 0.29) is 23.5 Å². The van der Waals surface area contributed by atoms with Gasteiger partial charge in [0.1, 0.15) is 11.6 Å². The van der Waals surface area contributed by atoms with Gasteiger partial charge in [0, 0.05) is 5.92 Å². The predicted molar refractivity (Wildman–Crippen MR) is 107 cm³/mol. The molecule has 144 valence electrons. The fraction of sp³-hybridized carbons (Fsp3) is 0.286. The van der Waals surface area contributed by atoms with Gasteiger partial charge in [0.25, 0.3) is 0 Å². The zero-order chi connectivity index (χ0) is 19.5. The molecule has 28 heavy (non-hydrogen) atoms. The molecule has 0 spiro atoms. The van der Waals surface area contributed by atoms with Crippen LogP contribution in [0.2, 0.25) is 0 Å². The number of hydrogen-bond donors (Lipinski definition) is 1. The van der Waals surface area contributed by atoms with Crippen LogP contribution >= 0.6 is 11.8 Å². The van der Waals surface area contributed by atoms with Crippen molar-refractivity contribution < 1.29 is 9.18 Å². The third-order valence-corrected chi connectivity index (χ3v) is 5.47. The van der Waals surface area contributed by atoms with Gasteiger partial charge < -0.3 is 5.32 Å². The number of para-hydroxylation sites is 1. The number of benzene rings is 2. The molecule has 1 aliphatic carbocycles. The molecule has 0 bridgehead atoms. The molecule has 5 nitrogen and oxygen atoms in total. The number of aromatic nitrogens is 3. The summed E-state index contributed by atoms with van der Waals surface area (Å²) >= 11 is 1.33. The van der Waals surface area contributed by atoms with Crippen LogP contribution in [0.25, 0.3) is 5.69 Å². The van der Waals surface area contributed by atoms with Crippen molar-refractivity contribution in [1.82, 2.24) is 20.1 Å². The minimum atomic E-state index is -0.288. The lowest BCUT2D eigenvalue weighted by Crippen LogP contribution is -2.28. The van der Waals surface area contributed by atoms with E-state index in [1.165, 1.54) is 23.9 Å². The quantitative estimate of drug-likeness (QED) is 0.607. The van der Waals surface area contributed by atoms with Gasteiger partial charge >= 0.3 is 0 Å². The summed E-state index contributed by atoms with van der Waals surface area (Å²) in [4.78, 5) is 17.0. The van der Waals surface area contributed by atoms with E-state index in [4.69, 9.17) is 0 Å². The van der Waals surface area contributed by atoms with Crippen LogP contribution in [0.15, 0.2) is 59.8 Å². The van der Waals surface area contributed by atoms with E-state index < -0.39 is 0 Å². The van der Waals surface area contributed by atoms with E-state index in [2.05, 4.69) is 15.4 Å². The van der Waals surface area contributed by atoms with Crippen LogP contribution in [-0.2, 0) is 4.79 Å². The molecule has 7 heteroatoms. The molecule has 0 saturated heterocycles. The van der Waals surface area contributed by atoms with Crippen molar-refractivity contribution in [2.24, 2.45) is 0 Å². The fourth-order valence-corrected chi connectivity index (χ4v) is 3.62. The fourth-order valence-electron chi connectivity index (χ4n) is 2.98. The third kappa shape index (κ3) is 4.42. The first kappa shape index (κ1) is 18.7. The highest BCUT2D eigenvalue weighted by Crippen LogP contribution is 2.40. The number of carbonyl (C=O) groups is 1. The average molecular weight is 396 g/mol. The van der Waals surface area contributed by atoms with Crippen LogP contribution in [0.5, 0.6) is 0 Å². The van der Waals surface area contributed by atoms with E-state index in [1.807, 2.05) is 41.9 Å². The van der Waals surface area contributed by atoms with Gasteiger partial charge in [-0.25, -0.2) is 14.1 Å². The predicted octanol–water partition coefficient (Wildman–Crippen LogP) is 4.25. The monoisotopic (exact) mass is 396 g/mol. The Morgan fingerprint density at radius 1 is 1.21 bits per heavy atom. The number of nitrogens with zero attached hydrogens (tertiary/aromatic N) is 3. The molecule has 1 heterocycles. The molecule has 4 rings (SSSR count). The first-order valence-electron chi connectivity index (χ1n) is 9.30. The molecule has 1 N–H and O–H groups in total. The lowest BCUT2D eigenvalue weighted by molar-refractivity contribution is -0.119. The Balaban J connectivity index is 1.39. The first-order valence-corrected chi connectivity index (χ1v) is 10.3. The molecule has 1 amide bonds. The second kappa shape index (κ2) is 8.14. The summed E-state index contributed by atoms with van der Waals surface area (Å²) in [5.41, 5.74) is 1.85. The van der Waals surface area contributed by atoms with Gasteiger partial charge in [0.05, 0.1) is 17.5 Å². The molecule has 1 aliphatic rings. The number of nitrogens with one attached hydrogen (secondary N) is 1. The van der Waals surface area contributed by atoms with Crippen molar-refractivity contribution in [1.29, 1.82) is 0 Å². The maximum Gasteiger partial charge on any atom is 0.230 e. The zero-order valence-electron chi connectivity index (χ0n) is 15.5. The van der Waals surface area contributed by atoms with E-state index in [0.717, 1.165) is 29.9 Å². The van der Waals surface area contributed by atoms with Crippen molar-refractivity contribution in [2.75, 3.05) is 5.75 Å². The number of amides is 1. The van der Waals surface area contributed by atoms with Crippen molar-refractivity contribution in [2.45, 2.75) is 36.9 Å². The van der Waals surface area contributed by atoms with E-state index in [0.29, 0.717) is 11.1 Å². The summed E-state index contributed by atoms with van der Waals surface area (Å²) in [6, 6.07) is 15.9. The maximum absolute atomic E-state index is 13.0. The Morgan fingerprint density at radius 2 is 1.93 bits per heavy atom. The van der Waals surface area contributed by atoms with E-state index in [1.54, 1.807) is 12.1 Å². The third-order valence-electron chi connectivity index (χ3n) is 4.64. The van der Waals surface area contributed by atoms with Gasteiger partial charge in [-0.05, 0) is 49.6 Å². The lowest BCUT2D eigenvalue weighted by atomic mass is 10.1. The molecule has 0 aliphatic heterocycles. The van der Waals surface area contributed by atoms with Crippen LogP contribution in [0.3, 0.4) is 0 Å². The molecule has 2 aromatic carbocycles. The van der Waals surface area contributed by atoms with Crippen molar-refractivity contribution in [3.8, 4) is 5.69 Å². The minimum Gasteiger partial charge on any atom is -0.349 e. The van der Waals surface area contributed by atoms with Gasteiger partial charge in [-0.2, -0.15) is 0 Å². The van der Waals surface area contributed by atoms with Crippen molar-refractivity contribution in [3.63, 3.8) is 0 Å². The van der Waals surface area contributed by atoms with Crippen molar-refractivity contribution in [3.05, 3.63) is 71.8 Å². The van der Waals surface area contributed by atoms with Crippen LogP contribution in [0, 0.1) is 5.82 Å². The molecule has 1 fully saturated rings. The highest BCUT2D eigenvalue weighted by molar-refractivity contribution is 7.99. The molecule has 1 aromatic heterocycles. The largest absolute Gasteiger partial charge is 0.349 e. The number of thioether (sulfide) groups is 1. The summed E-state index contributed by atoms with van der Waals surface area (Å²) in [5, 5.41) is 8.14. The summed E-state index contributed by atoms with van der Waals surface area (Å²) in [7, 11) is 0.